The quantitative estimate of drug-likeness (QED) is 0.558. The van der Waals surface area contributed by atoms with Crippen molar-refractivity contribution in [1.82, 2.24) is 19.6 Å². The van der Waals surface area contributed by atoms with Crippen LogP contribution in [0, 0.1) is 11.8 Å². The molecule has 0 saturated carbocycles. The first-order valence-electron chi connectivity index (χ1n) is 14.1. The second-order valence-electron chi connectivity index (χ2n) is 11.9. The van der Waals surface area contributed by atoms with Crippen LogP contribution in [-0.4, -0.2) is 102 Å². The summed E-state index contributed by atoms with van der Waals surface area (Å²) in [5.74, 6) is 1.05. The number of benzene rings is 1. The molecular formula is C29H44N4O5. The Kier molecular flexibility index (Phi) is 9.52. The van der Waals surface area contributed by atoms with Crippen molar-refractivity contribution in [1.29, 1.82) is 0 Å². The molecule has 3 aliphatic heterocycles. The highest BCUT2D eigenvalue weighted by atomic mass is 16.6. The largest absolute Gasteiger partial charge is 0.445 e. The standard InChI is InChI=1S/C29H44N4O5/c1-29(2,3)38-28(36)31-12-9-23(10-13-31)21-33-14-11-25(19-26(33)34)20-30-15-17-32(18-16-30)27(35)37-22-24-7-5-4-6-8-24/h4-8,23,25H,9-22H2,1-3H3/t25-/m0/s1. The monoisotopic (exact) mass is 528 g/mol. The fourth-order valence-electron chi connectivity index (χ4n) is 5.52. The van der Waals surface area contributed by atoms with E-state index >= 15 is 0 Å². The highest BCUT2D eigenvalue weighted by Gasteiger charge is 2.32. The van der Waals surface area contributed by atoms with E-state index in [9.17, 15) is 14.4 Å². The minimum atomic E-state index is -0.480. The number of ether oxygens (including phenoxy) is 2. The number of likely N-dealkylation sites (tertiary alicyclic amines) is 2. The summed E-state index contributed by atoms with van der Waals surface area (Å²) < 4.78 is 11.0. The number of amides is 3. The summed E-state index contributed by atoms with van der Waals surface area (Å²) in [6.07, 6.45) is 2.93. The molecule has 1 aromatic rings. The minimum absolute atomic E-state index is 0.238. The van der Waals surface area contributed by atoms with Gasteiger partial charge in [-0.2, -0.15) is 0 Å². The maximum atomic E-state index is 12.9. The molecule has 3 amide bonds. The Balaban J connectivity index is 1.11. The van der Waals surface area contributed by atoms with E-state index in [0.717, 1.165) is 57.5 Å². The van der Waals surface area contributed by atoms with E-state index in [0.29, 0.717) is 51.0 Å². The van der Waals surface area contributed by atoms with E-state index in [1.165, 1.54) is 0 Å². The Morgan fingerprint density at radius 1 is 0.816 bits per heavy atom. The van der Waals surface area contributed by atoms with Crippen molar-refractivity contribution in [3.8, 4) is 0 Å². The predicted octanol–water partition coefficient (Wildman–Crippen LogP) is 3.83. The molecule has 0 aromatic heterocycles. The maximum absolute atomic E-state index is 12.9. The van der Waals surface area contributed by atoms with E-state index in [1.807, 2.05) is 56.0 Å². The van der Waals surface area contributed by atoms with Crippen LogP contribution in [0.25, 0.3) is 0 Å². The van der Waals surface area contributed by atoms with Gasteiger partial charge in [0, 0.05) is 65.3 Å². The van der Waals surface area contributed by atoms with Crippen molar-refractivity contribution >= 4 is 18.1 Å². The summed E-state index contributed by atoms with van der Waals surface area (Å²) in [6.45, 7) is 12.8. The lowest BCUT2D eigenvalue weighted by molar-refractivity contribution is -0.136. The molecule has 3 heterocycles. The molecular weight excluding hydrogens is 484 g/mol. The first-order valence-corrected chi connectivity index (χ1v) is 14.1. The number of piperazine rings is 1. The predicted molar refractivity (Wildman–Crippen MR) is 144 cm³/mol. The number of nitrogens with zero attached hydrogens (tertiary/aromatic N) is 4. The third kappa shape index (κ3) is 8.35. The summed E-state index contributed by atoms with van der Waals surface area (Å²) in [5, 5.41) is 0. The molecule has 0 radical (unpaired) electrons. The van der Waals surface area contributed by atoms with Crippen LogP contribution in [-0.2, 0) is 20.9 Å². The van der Waals surface area contributed by atoms with Gasteiger partial charge in [0.1, 0.15) is 12.2 Å². The van der Waals surface area contributed by atoms with Gasteiger partial charge in [0.05, 0.1) is 0 Å². The lowest BCUT2D eigenvalue weighted by Gasteiger charge is -2.40. The summed E-state index contributed by atoms with van der Waals surface area (Å²) in [6, 6.07) is 9.73. The molecule has 3 saturated heterocycles. The Morgan fingerprint density at radius 2 is 1.45 bits per heavy atom. The SMILES string of the molecule is CC(C)(C)OC(=O)N1CCC(CN2CC[C@H](CN3CCN(C(=O)OCc4ccccc4)CC3)CC2=O)CC1. The Labute approximate surface area is 227 Å². The molecule has 0 aliphatic carbocycles. The molecule has 1 aromatic carbocycles. The van der Waals surface area contributed by atoms with Crippen molar-refractivity contribution < 1.29 is 23.9 Å². The third-order valence-electron chi connectivity index (χ3n) is 7.72. The molecule has 3 fully saturated rings. The van der Waals surface area contributed by atoms with Crippen molar-refractivity contribution in [2.45, 2.75) is 58.7 Å². The Bertz CT molecular complexity index is 934. The van der Waals surface area contributed by atoms with Crippen molar-refractivity contribution in [3.05, 3.63) is 35.9 Å². The summed E-state index contributed by atoms with van der Waals surface area (Å²) in [7, 11) is 0. The average molecular weight is 529 g/mol. The first-order chi connectivity index (χ1) is 18.2. The number of carbonyl (C=O) groups excluding carboxylic acids is 3. The summed E-state index contributed by atoms with van der Waals surface area (Å²) >= 11 is 0. The smallest absolute Gasteiger partial charge is 0.410 e. The van der Waals surface area contributed by atoms with Crippen LogP contribution in [0.5, 0.6) is 0 Å². The summed E-state index contributed by atoms with van der Waals surface area (Å²) in [5.41, 5.74) is 0.508. The normalized spacial score (nSPS) is 21.9. The molecule has 9 nitrogen and oxygen atoms in total. The molecule has 0 bridgehead atoms. The number of carbonyl (C=O) groups is 3. The first kappa shape index (κ1) is 28.2. The highest BCUT2D eigenvalue weighted by Crippen LogP contribution is 2.25. The second-order valence-corrected chi connectivity index (χ2v) is 11.9. The van der Waals surface area contributed by atoms with Crippen LogP contribution in [0.15, 0.2) is 30.3 Å². The molecule has 1 atom stereocenters. The Morgan fingerprint density at radius 3 is 2.08 bits per heavy atom. The van der Waals surface area contributed by atoms with Gasteiger partial charge in [0.2, 0.25) is 5.91 Å². The second kappa shape index (κ2) is 12.8. The summed E-state index contributed by atoms with van der Waals surface area (Å²) in [4.78, 5) is 45.6. The van der Waals surface area contributed by atoms with Gasteiger partial charge in [-0.3, -0.25) is 9.69 Å². The zero-order chi connectivity index (χ0) is 27.1. The van der Waals surface area contributed by atoms with Gasteiger partial charge in [0.15, 0.2) is 0 Å². The molecule has 4 rings (SSSR count). The number of piperidine rings is 2. The van der Waals surface area contributed by atoms with E-state index in [-0.39, 0.29) is 18.1 Å². The van der Waals surface area contributed by atoms with E-state index in [2.05, 4.69) is 4.90 Å². The van der Waals surface area contributed by atoms with Gasteiger partial charge < -0.3 is 24.2 Å². The van der Waals surface area contributed by atoms with Gasteiger partial charge in [-0.1, -0.05) is 30.3 Å². The molecule has 0 unspecified atom stereocenters. The zero-order valence-electron chi connectivity index (χ0n) is 23.3. The number of rotatable bonds is 6. The van der Waals surface area contributed by atoms with Gasteiger partial charge in [-0.05, 0) is 57.4 Å². The molecule has 210 valence electrons. The van der Waals surface area contributed by atoms with E-state index in [1.54, 1.807) is 9.80 Å². The minimum Gasteiger partial charge on any atom is -0.445 e. The molecule has 0 N–H and O–H groups in total. The van der Waals surface area contributed by atoms with Gasteiger partial charge in [-0.15, -0.1) is 0 Å². The van der Waals surface area contributed by atoms with E-state index < -0.39 is 5.60 Å². The Hall–Kier alpha value is -2.81. The maximum Gasteiger partial charge on any atom is 0.410 e. The van der Waals surface area contributed by atoms with Crippen molar-refractivity contribution in [3.63, 3.8) is 0 Å². The fraction of sp³-hybridized carbons (Fsp3) is 0.690. The number of hydrogen-bond donors (Lipinski definition) is 0. The molecule has 0 spiro atoms. The van der Waals surface area contributed by atoms with Crippen LogP contribution in [0.1, 0.15) is 52.0 Å². The molecule has 9 heteroatoms. The molecule has 38 heavy (non-hydrogen) atoms. The fourth-order valence-corrected chi connectivity index (χ4v) is 5.52. The zero-order valence-corrected chi connectivity index (χ0v) is 23.3. The van der Waals surface area contributed by atoms with Crippen molar-refractivity contribution in [2.75, 3.05) is 58.9 Å². The lowest BCUT2D eigenvalue weighted by atomic mass is 9.92. The van der Waals surface area contributed by atoms with Crippen LogP contribution < -0.4 is 0 Å². The van der Waals surface area contributed by atoms with Crippen molar-refractivity contribution in [2.24, 2.45) is 11.8 Å². The van der Waals surface area contributed by atoms with E-state index in [4.69, 9.17) is 9.47 Å². The van der Waals surface area contributed by atoms with Gasteiger partial charge in [-0.25, -0.2) is 9.59 Å². The van der Waals surface area contributed by atoms with Crippen LogP contribution in [0.3, 0.4) is 0 Å². The highest BCUT2D eigenvalue weighted by molar-refractivity contribution is 5.77. The topological polar surface area (TPSA) is 82.6 Å². The van der Waals surface area contributed by atoms with Crippen LogP contribution in [0.4, 0.5) is 9.59 Å². The third-order valence-corrected chi connectivity index (χ3v) is 7.72. The lowest BCUT2D eigenvalue weighted by Crippen LogP contribution is -2.51. The molecule has 3 aliphatic rings. The van der Waals surface area contributed by atoms with Crippen LogP contribution >= 0.6 is 0 Å². The van der Waals surface area contributed by atoms with Gasteiger partial charge in [0.25, 0.3) is 0 Å². The van der Waals surface area contributed by atoms with Crippen LogP contribution in [0.2, 0.25) is 0 Å². The average Bonchev–Trinajstić information content (AvgIpc) is 2.89. The van der Waals surface area contributed by atoms with Gasteiger partial charge >= 0.3 is 12.2 Å². The number of hydrogen-bond acceptors (Lipinski definition) is 6.